The summed E-state index contributed by atoms with van der Waals surface area (Å²) in [6.45, 7) is 13.7. The van der Waals surface area contributed by atoms with Crippen LogP contribution in [-0.4, -0.2) is 69.2 Å². The monoisotopic (exact) mass is 623 g/mol. The number of carbonyl (C=O) groups excluding carboxylic acids is 2. The van der Waals surface area contributed by atoms with E-state index in [0.717, 1.165) is 24.3 Å². The van der Waals surface area contributed by atoms with E-state index in [1.807, 2.05) is 20.8 Å². The van der Waals surface area contributed by atoms with Crippen LogP contribution in [0.2, 0.25) is 25.7 Å². The smallest absolute Gasteiger partial charge is 0.407 e. The van der Waals surface area contributed by atoms with Crippen LogP contribution in [0.5, 0.6) is 0 Å². The summed E-state index contributed by atoms with van der Waals surface area (Å²) in [5.74, 6) is -0.380. The minimum Gasteiger partial charge on any atom is -0.444 e. The summed E-state index contributed by atoms with van der Waals surface area (Å²) >= 11 is 0. The lowest BCUT2D eigenvalue weighted by Gasteiger charge is -2.36. The SMILES string of the molecule is Cn1nc(-c2cnc3c(n2)c(C(=O)NCC2CC(NC(=O)OC(C)(C)C)C2)cn3COCC[Si](C)(C)C)c2ccc(F)cc21. The minimum atomic E-state index is -1.26. The molecule has 0 spiro atoms. The van der Waals surface area contributed by atoms with Crippen molar-refractivity contribution in [3.05, 3.63) is 42.0 Å². The number of rotatable bonds is 10. The number of nitrogens with zero attached hydrogens (tertiary/aromatic N) is 5. The quantitative estimate of drug-likeness (QED) is 0.177. The van der Waals surface area contributed by atoms with Crippen LogP contribution in [-0.2, 0) is 23.3 Å². The predicted octanol–water partition coefficient (Wildman–Crippen LogP) is 5.47. The van der Waals surface area contributed by atoms with Gasteiger partial charge >= 0.3 is 6.09 Å². The molecule has 2 amide bonds. The van der Waals surface area contributed by atoms with Crippen molar-refractivity contribution in [1.29, 1.82) is 0 Å². The van der Waals surface area contributed by atoms with Gasteiger partial charge in [-0.15, -0.1) is 0 Å². The molecule has 0 aliphatic heterocycles. The Kier molecular flexibility index (Phi) is 8.81. The largest absolute Gasteiger partial charge is 0.444 e. The maximum Gasteiger partial charge on any atom is 0.407 e. The van der Waals surface area contributed by atoms with Gasteiger partial charge in [-0.2, -0.15) is 5.10 Å². The molecule has 1 aliphatic carbocycles. The summed E-state index contributed by atoms with van der Waals surface area (Å²) < 4.78 is 28.7. The number of benzene rings is 1. The number of alkyl carbamates (subject to hydrolysis) is 1. The molecule has 0 saturated heterocycles. The van der Waals surface area contributed by atoms with Gasteiger partial charge in [0.05, 0.1) is 17.3 Å². The number of hydrogen-bond donors (Lipinski definition) is 2. The van der Waals surface area contributed by atoms with Gasteiger partial charge in [-0.05, 0) is 63.8 Å². The lowest BCUT2D eigenvalue weighted by Crippen LogP contribution is -2.48. The molecule has 3 heterocycles. The predicted molar refractivity (Wildman–Crippen MR) is 170 cm³/mol. The van der Waals surface area contributed by atoms with E-state index in [4.69, 9.17) is 14.5 Å². The summed E-state index contributed by atoms with van der Waals surface area (Å²) in [5, 5.41) is 11.2. The molecule has 1 saturated carbocycles. The van der Waals surface area contributed by atoms with Crippen molar-refractivity contribution < 1.29 is 23.5 Å². The van der Waals surface area contributed by atoms with Crippen molar-refractivity contribution in [1.82, 2.24) is 34.9 Å². The average Bonchev–Trinajstić information content (AvgIpc) is 3.43. The molecular weight excluding hydrogens is 581 g/mol. The fourth-order valence-corrected chi connectivity index (χ4v) is 5.97. The lowest BCUT2D eigenvalue weighted by atomic mass is 9.80. The molecule has 1 aliphatic rings. The topological polar surface area (TPSA) is 125 Å². The van der Waals surface area contributed by atoms with Crippen molar-refractivity contribution in [3.63, 3.8) is 0 Å². The van der Waals surface area contributed by atoms with Gasteiger partial charge in [0.2, 0.25) is 0 Å². The molecular formula is C31H42FN7O4Si. The van der Waals surface area contributed by atoms with Crippen LogP contribution in [0.3, 0.4) is 0 Å². The van der Waals surface area contributed by atoms with Crippen LogP contribution in [0.1, 0.15) is 44.0 Å². The van der Waals surface area contributed by atoms with Crippen LogP contribution in [0, 0.1) is 11.7 Å². The Morgan fingerprint density at radius 2 is 1.93 bits per heavy atom. The van der Waals surface area contributed by atoms with Crippen LogP contribution >= 0.6 is 0 Å². The van der Waals surface area contributed by atoms with E-state index in [1.165, 1.54) is 12.1 Å². The molecule has 0 unspecified atom stereocenters. The van der Waals surface area contributed by atoms with Gasteiger partial charge in [-0.1, -0.05) is 19.6 Å². The van der Waals surface area contributed by atoms with Crippen LogP contribution in [0.25, 0.3) is 33.5 Å². The van der Waals surface area contributed by atoms with E-state index in [9.17, 15) is 14.0 Å². The summed E-state index contributed by atoms with van der Waals surface area (Å²) in [6.07, 6.45) is 4.44. The Morgan fingerprint density at radius 3 is 2.64 bits per heavy atom. The maximum atomic E-state index is 13.9. The van der Waals surface area contributed by atoms with Gasteiger partial charge in [-0.3, -0.25) is 9.48 Å². The number of aryl methyl sites for hydroxylation is 1. The zero-order chi connectivity index (χ0) is 31.8. The molecule has 0 bridgehead atoms. The number of halogens is 1. The summed E-state index contributed by atoms with van der Waals surface area (Å²) in [5.41, 5.74) is 2.47. The second-order valence-electron chi connectivity index (χ2n) is 13.8. The lowest BCUT2D eigenvalue weighted by molar-refractivity contribution is 0.0450. The van der Waals surface area contributed by atoms with Gasteiger partial charge in [0, 0.05) is 45.9 Å². The second-order valence-corrected chi connectivity index (χ2v) is 19.4. The number of fused-ring (bicyclic) bond motifs is 2. The van der Waals surface area contributed by atoms with Crippen molar-refractivity contribution >= 4 is 42.1 Å². The third-order valence-corrected chi connectivity index (χ3v) is 9.30. The first-order valence-corrected chi connectivity index (χ1v) is 18.7. The number of ether oxygens (including phenoxy) is 2. The molecule has 44 heavy (non-hydrogen) atoms. The Bertz CT molecular complexity index is 1680. The summed E-state index contributed by atoms with van der Waals surface area (Å²) in [4.78, 5) is 35.1. The van der Waals surface area contributed by atoms with E-state index in [1.54, 1.807) is 34.8 Å². The average molecular weight is 624 g/mol. The third kappa shape index (κ3) is 7.44. The summed E-state index contributed by atoms with van der Waals surface area (Å²) in [7, 11) is 0.484. The molecule has 4 aromatic rings. The number of hydrogen-bond acceptors (Lipinski definition) is 7. The van der Waals surface area contributed by atoms with E-state index >= 15 is 0 Å². The summed E-state index contributed by atoms with van der Waals surface area (Å²) in [6, 6.07) is 5.54. The number of nitrogens with one attached hydrogen (secondary N) is 2. The van der Waals surface area contributed by atoms with Crippen LogP contribution in [0.15, 0.2) is 30.6 Å². The fourth-order valence-electron chi connectivity index (χ4n) is 5.22. The first-order chi connectivity index (χ1) is 20.7. The molecule has 5 rings (SSSR count). The van der Waals surface area contributed by atoms with Gasteiger partial charge in [0.1, 0.15) is 35.1 Å². The van der Waals surface area contributed by atoms with Crippen molar-refractivity contribution in [2.75, 3.05) is 13.2 Å². The van der Waals surface area contributed by atoms with Crippen molar-refractivity contribution in [2.45, 2.75) is 77.7 Å². The molecule has 3 aromatic heterocycles. The van der Waals surface area contributed by atoms with Crippen molar-refractivity contribution in [2.24, 2.45) is 13.0 Å². The number of aromatic nitrogens is 5. The van der Waals surface area contributed by atoms with Gasteiger partial charge in [-0.25, -0.2) is 19.2 Å². The molecule has 11 nitrogen and oxygen atoms in total. The van der Waals surface area contributed by atoms with Crippen LogP contribution in [0.4, 0.5) is 9.18 Å². The highest BCUT2D eigenvalue weighted by Gasteiger charge is 2.32. The maximum absolute atomic E-state index is 13.9. The Morgan fingerprint density at radius 1 is 1.18 bits per heavy atom. The minimum absolute atomic E-state index is 0.0251. The van der Waals surface area contributed by atoms with E-state index < -0.39 is 19.8 Å². The van der Waals surface area contributed by atoms with Crippen molar-refractivity contribution in [3.8, 4) is 11.4 Å². The first-order valence-electron chi connectivity index (χ1n) is 15.0. The molecule has 1 fully saturated rings. The zero-order valence-electron chi connectivity index (χ0n) is 26.5. The van der Waals surface area contributed by atoms with Gasteiger partial charge in [0.25, 0.3) is 5.91 Å². The molecule has 0 radical (unpaired) electrons. The Labute approximate surface area is 257 Å². The molecule has 0 atom stereocenters. The standard InChI is InChI=1S/C31H42FN7O4Si/c1-31(2,3)43-30(41)35-21-12-19(13-21)15-34-29(40)23-17-39(18-42-10-11-44(5,6)7)28-27(23)36-24(16-33-28)26-22-9-8-20(32)14-25(22)38(4)37-26/h8-9,14,16-17,19,21H,10-13,15,18H2,1-7H3,(H,34,40)(H,35,41). The highest BCUT2D eigenvalue weighted by Crippen LogP contribution is 2.30. The van der Waals surface area contributed by atoms with E-state index in [2.05, 4.69) is 40.4 Å². The highest BCUT2D eigenvalue weighted by atomic mass is 28.3. The third-order valence-electron chi connectivity index (χ3n) is 7.60. The van der Waals surface area contributed by atoms with Gasteiger partial charge in [0.15, 0.2) is 5.65 Å². The molecule has 236 valence electrons. The van der Waals surface area contributed by atoms with E-state index in [0.29, 0.717) is 46.8 Å². The van der Waals surface area contributed by atoms with Gasteiger partial charge < -0.3 is 24.7 Å². The second kappa shape index (κ2) is 12.3. The first kappa shape index (κ1) is 31.6. The normalized spacial score (nSPS) is 17.1. The Balaban J connectivity index is 1.34. The number of carbonyl (C=O) groups is 2. The highest BCUT2D eigenvalue weighted by molar-refractivity contribution is 6.76. The van der Waals surface area contributed by atoms with Crippen LogP contribution < -0.4 is 10.6 Å². The van der Waals surface area contributed by atoms with E-state index in [-0.39, 0.29) is 30.4 Å². The fraction of sp³-hybridized carbons (Fsp3) is 0.516. The molecule has 1 aromatic carbocycles. The molecule has 2 N–H and O–H groups in total. The Hall–Kier alpha value is -3.84. The zero-order valence-corrected chi connectivity index (χ0v) is 27.5. The number of amides is 2. The molecule has 13 heteroatoms.